The Bertz CT molecular complexity index is 1570. The highest BCUT2D eigenvalue weighted by atomic mass is 32.2. The molecule has 46 heavy (non-hydrogen) atoms. The molecule has 2 amide bonds. The fourth-order valence-electron chi connectivity index (χ4n) is 5.18. The van der Waals surface area contributed by atoms with Crippen LogP contribution in [0.3, 0.4) is 0 Å². The fraction of sp³-hybridized carbons (Fsp3) is 0.424. The summed E-state index contributed by atoms with van der Waals surface area (Å²) in [4.78, 5) is 31.0. The molecular weight excluding hydrogens is 613 g/mol. The summed E-state index contributed by atoms with van der Waals surface area (Å²) in [5.41, 5.74) is 6.64. The predicted octanol–water partition coefficient (Wildman–Crippen LogP) is 4.32. The maximum Gasteiger partial charge on any atom is 0.410 e. The van der Waals surface area contributed by atoms with E-state index in [1.807, 2.05) is 13.0 Å². The van der Waals surface area contributed by atoms with Gasteiger partial charge >= 0.3 is 6.09 Å². The van der Waals surface area contributed by atoms with E-state index in [2.05, 4.69) is 17.0 Å². The van der Waals surface area contributed by atoms with Gasteiger partial charge in [-0.1, -0.05) is 12.1 Å². The minimum Gasteiger partial charge on any atom is -0.489 e. The summed E-state index contributed by atoms with van der Waals surface area (Å²) in [5.74, 6) is -0.623. The molecule has 11 nitrogen and oxygen atoms in total. The molecule has 0 spiro atoms. The number of nitrogens with zero attached hydrogens (tertiary/aromatic N) is 3. The Morgan fingerprint density at radius 3 is 2.59 bits per heavy atom. The van der Waals surface area contributed by atoms with E-state index in [1.54, 1.807) is 51.1 Å². The van der Waals surface area contributed by atoms with Crippen molar-refractivity contribution in [1.29, 1.82) is 0 Å². The van der Waals surface area contributed by atoms with Gasteiger partial charge in [0.1, 0.15) is 23.8 Å². The van der Waals surface area contributed by atoms with Crippen LogP contribution in [-0.4, -0.2) is 80.3 Å². The van der Waals surface area contributed by atoms with Crippen molar-refractivity contribution in [3.05, 3.63) is 83.5 Å². The van der Waals surface area contributed by atoms with Crippen LogP contribution in [-0.2, 0) is 26.0 Å². The van der Waals surface area contributed by atoms with Gasteiger partial charge in [0.2, 0.25) is 15.9 Å². The lowest BCUT2D eigenvalue weighted by Gasteiger charge is -2.42. The normalized spacial score (nSPS) is 17.0. The van der Waals surface area contributed by atoms with Crippen molar-refractivity contribution >= 4 is 28.7 Å². The van der Waals surface area contributed by atoms with E-state index in [4.69, 9.17) is 15.2 Å². The Hall–Kier alpha value is -4.23. The highest BCUT2D eigenvalue weighted by Gasteiger charge is 2.39. The monoisotopic (exact) mass is 657 g/mol. The third-order valence-corrected chi connectivity index (χ3v) is 8.91. The van der Waals surface area contributed by atoms with Gasteiger partial charge in [-0.25, -0.2) is 17.6 Å². The Morgan fingerprint density at radius 2 is 1.96 bits per heavy atom. The first kappa shape index (κ1) is 36.2. The zero-order chi connectivity index (χ0) is 34.1. The summed E-state index contributed by atoms with van der Waals surface area (Å²) in [6, 6.07) is 9.62. The van der Waals surface area contributed by atoms with E-state index >= 15 is 0 Å². The van der Waals surface area contributed by atoms with Crippen LogP contribution in [0.2, 0.25) is 0 Å². The lowest BCUT2D eigenvalue weighted by atomic mass is 9.97. The number of benzene rings is 2. The topological polar surface area (TPSA) is 144 Å². The number of amides is 2. The molecule has 1 fully saturated rings. The first-order chi connectivity index (χ1) is 21.6. The fourth-order valence-corrected chi connectivity index (χ4v) is 6.76. The molecule has 0 aliphatic carbocycles. The Balaban J connectivity index is 1.91. The summed E-state index contributed by atoms with van der Waals surface area (Å²) in [6.07, 6.45) is 4.15. The predicted molar refractivity (Wildman–Crippen MR) is 175 cm³/mol. The lowest BCUT2D eigenvalue weighted by Crippen LogP contribution is -2.58. The van der Waals surface area contributed by atoms with Gasteiger partial charge in [-0.05, 0) is 94.9 Å². The Morgan fingerprint density at radius 1 is 1.22 bits per heavy atom. The maximum atomic E-state index is 14.7. The minimum absolute atomic E-state index is 0.0236. The standard InChI is InChI=1S/C33H44FN5O6S/c1-23-8-7-9-31(14-23)46(42,43)38-12-13-39(32(41)45-33(3,4)5)29(21-38)19-28(37-24(2)40)16-26-15-27(34)18-30(17-26)44-22-25(10-11-35)20-36-6/h7-11,14-15,17-18,20,28-29H,6,12-13,16,19,21-22,35H2,1-5H3,(H,37,40)/b11-10-,25-20+/t28-,29-/m0/s1. The molecule has 0 aromatic heterocycles. The van der Waals surface area contributed by atoms with Gasteiger partial charge in [-0.15, -0.1) is 0 Å². The van der Waals surface area contributed by atoms with Crippen LogP contribution in [0.15, 0.2) is 76.4 Å². The number of sulfonamides is 1. The van der Waals surface area contributed by atoms with Crippen LogP contribution in [0.1, 0.15) is 45.2 Å². The van der Waals surface area contributed by atoms with Gasteiger partial charge in [0, 0.05) is 50.4 Å². The second-order valence-electron chi connectivity index (χ2n) is 12.2. The molecule has 1 saturated heterocycles. The molecule has 2 aromatic carbocycles. The molecule has 13 heteroatoms. The summed E-state index contributed by atoms with van der Waals surface area (Å²) in [7, 11) is -3.88. The Kier molecular flexibility index (Phi) is 12.5. The van der Waals surface area contributed by atoms with Gasteiger partial charge in [0.15, 0.2) is 0 Å². The number of aliphatic imine (C=N–C) groups is 1. The van der Waals surface area contributed by atoms with Gasteiger partial charge < -0.3 is 25.4 Å². The average molecular weight is 658 g/mol. The van der Waals surface area contributed by atoms with Crippen LogP contribution < -0.4 is 15.8 Å². The molecule has 3 N–H and O–H groups in total. The quantitative estimate of drug-likeness (QED) is 0.256. The molecule has 2 aromatic rings. The molecule has 2 atom stereocenters. The number of ether oxygens (including phenoxy) is 2. The highest BCUT2D eigenvalue weighted by molar-refractivity contribution is 7.89. The number of hydrogen-bond acceptors (Lipinski definition) is 8. The van der Waals surface area contributed by atoms with E-state index in [0.29, 0.717) is 11.1 Å². The van der Waals surface area contributed by atoms with Gasteiger partial charge in [0.25, 0.3) is 0 Å². The maximum absolute atomic E-state index is 14.7. The molecule has 1 aliphatic heterocycles. The van der Waals surface area contributed by atoms with Crippen LogP contribution in [0.25, 0.3) is 0 Å². The van der Waals surface area contributed by atoms with Crippen LogP contribution in [0.4, 0.5) is 9.18 Å². The van der Waals surface area contributed by atoms with Gasteiger partial charge in [0.05, 0.1) is 10.9 Å². The molecule has 1 aliphatic rings. The van der Waals surface area contributed by atoms with Crippen molar-refractivity contribution in [2.24, 2.45) is 10.7 Å². The number of aryl methyl sites for hydroxylation is 1. The van der Waals surface area contributed by atoms with Crippen LogP contribution >= 0.6 is 0 Å². The van der Waals surface area contributed by atoms with E-state index in [-0.39, 0.29) is 55.6 Å². The number of halogens is 1. The van der Waals surface area contributed by atoms with E-state index in [1.165, 1.54) is 40.7 Å². The molecule has 0 bridgehead atoms. The third kappa shape index (κ3) is 10.7. The van der Waals surface area contributed by atoms with Crippen molar-refractivity contribution in [2.45, 2.75) is 70.0 Å². The van der Waals surface area contributed by atoms with Crippen molar-refractivity contribution in [1.82, 2.24) is 14.5 Å². The largest absolute Gasteiger partial charge is 0.489 e. The first-order valence-electron chi connectivity index (χ1n) is 14.9. The minimum atomic E-state index is -3.88. The molecule has 0 radical (unpaired) electrons. The first-order valence-corrected chi connectivity index (χ1v) is 16.3. The molecule has 3 rings (SSSR count). The summed E-state index contributed by atoms with van der Waals surface area (Å²) < 4.78 is 54.8. The van der Waals surface area contributed by atoms with Crippen molar-refractivity contribution in [3.8, 4) is 5.75 Å². The number of hydrogen-bond donors (Lipinski definition) is 2. The van der Waals surface area contributed by atoms with E-state index in [9.17, 15) is 22.4 Å². The third-order valence-electron chi connectivity index (χ3n) is 7.05. The second kappa shape index (κ2) is 15.9. The average Bonchev–Trinajstić information content (AvgIpc) is 2.94. The number of piperazine rings is 1. The number of carbonyl (C=O) groups is 2. The summed E-state index contributed by atoms with van der Waals surface area (Å²) in [6.45, 7) is 12.0. The molecule has 0 unspecified atom stereocenters. The number of nitrogens with two attached hydrogens (primary N) is 1. The number of carbonyl (C=O) groups excluding carboxylic acids is 2. The zero-order valence-corrected chi connectivity index (χ0v) is 27.8. The van der Waals surface area contributed by atoms with Crippen molar-refractivity contribution < 1.29 is 31.9 Å². The highest BCUT2D eigenvalue weighted by Crippen LogP contribution is 2.26. The molecule has 250 valence electrons. The SMILES string of the molecule is C=N/C=C(\C=C/N)COc1cc(F)cc(C[C@@H](C[C@H]2CN(S(=O)(=O)c3cccc(C)c3)CCN2C(=O)OC(C)(C)C)NC(C)=O)c1. The zero-order valence-electron chi connectivity index (χ0n) is 27.0. The van der Waals surface area contributed by atoms with E-state index < -0.39 is 39.6 Å². The van der Waals surface area contributed by atoms with Crippen molar-refractivity contribution in [3.63, 3.8) is 0 Å². The lowest BCUT2D eigenvalue weighted by molar-refractivity contribution is -0.119. The summed E-state index contributed by atoms with van der Waals surface area (Å²) >= 11 is 0. The molecule has 1 heterocycles. The molecular formula is C33H44FN5O6S. The Labute approximate surface area is 271 Å². The second-order valence-corrected chi connectivity index (χ2v) is 14.1. The van der Waals surface area contributed by atoms with E-state index in [0.717, 1.165) is 5.56 Å². The van der Waals surface area contributed by atoms with Crippen LogP contribution in [0, 0.1) is 12.7 Å². The smallest absolute Gasteiger partial charge is 0.410 e. The van der Waals surface area contributed by atoms with Crippen molar-refractivity contribution in [2.75, 3.05) is 26.2 Å². The summed E-state index contributed by atoms with van der Waals surface area (Å²) in [5, 5.41) is 2.90. The number of nitrogens with one attached hydrogen (secondary N) is 1. The molecule has 0 saturated carbocycles. The number of rotatable bonds is 12. The van der Waals surface area contributed by atoms with Gasteiger partial charge in [-0.3, -0.25) is 9.79 Å². The van der Waals surface area contributed by atoms with Gasteiger partial charge in [-0.2, -0.15) is 4.31 Å². The van der Waals surface area contributed by atoms with Crippen LogP contribution in [0.5, 0.6) is 5.75 Å².